The molecule has 1 amide bonds. The van der Waals surface area contributed by atoms with E-state index in [1.165, 1.54) is 31.2 Å². The minimum Gasteiger partial charge on any atom is -0.494 e. The lowest BCUT2D eigenvalue weighted by Crippen LogP contribution is -2.18. The van der Waals surface area contributed by atoms with Gasteiger partial charge in [-0.05, 0) is 61.1 Å². The molecule has 2 aromatic rings. The van der Waals surface area contributed by atoms with Crippen LogP contribution >= 0.6 is 0 Å². The maximum Gasteiger partial charge on any atom is 0.231 e. The summed E-state index contributed by atoms with van der Waals surface area (Å²) < 4.78 is 5.79. The van der Waals surface area contributed by atoms with Gasteiger partial charge in [0.2, 0.25) is 5.91 Å². The van der Waals surface area contributed by atoms with Crippen LogP contribution in [0.25, 0.3) is 0 Å². The van der Waals surface area contributed by atoms with Gasteiger partial charge in [0, 0.05) is 5.69 Å². The van der Waals surface area contributed by atoms with Crippen LogP contribution < -0.4 is 10.1 Å². The molecule has 1 unspecified atom stereocenters. The molecule has 0 spiro atoms. The maximum atomic E-state index is 12.6. The first kappa shape index (κ1) is 23.0. The summed E-state index contributed by atoms with van der Waals surface area (Å²) in [5, 5.41) is 3.01. The molecule has 0 radical (unpaired) electrons. The Labute approximate surface area is 176 Å². The molecule has 0 bridgehead atoms. The van der Waals surface area contributed by atoms with E-state index in [4.69, 9.17) is 4.74 Å². The van der Waals surface area contributed by atoms with Gasteiger partial charge >= 0.3 is 0 Å². The quantitative estimate of drug-likeness (QED) is 0.394. The highest BCUT2D eigenvalue weighted by Crippen LogP contribution is 2.21. The number of carbonyl (C=O) groups excluding carboxylic acids is 1. The van der Waals surface area contributed by atoms with E-state index in [0.29, 0.717) is 5.92 Å². The zero-order valence-electron chi connectivity index (χ0n) is 18.5. The van der Waals surface area contributed by atoms with Crippen LogP contribution in [-0.2, 0) is 11.2 Å². The number of anilines is 1. The Morgan fingerprint density at radius 3 is 2.17 bits per heavy atom. The van der Waals surface area contributed by atoms with Crippen LogP contribution in [0.1, 0.15) is 76.8 Å². The number of amides is 1. The SMILES string of the molecule is CCCCCCCOc1ccc(NC(=O)C(C)c2ccc(CC(C)C)cc2)cc1. The van der Waals surface area contributed by atoms with Gasteiger partial charge in [-0.2, -0.15) is 0 Å². The van der Waals surface area contributed by atoms with Gasteiger partial charge in [-0.3, -0.25) is 4.79 Å². The van der Waals surface area contributed by atoms with Crippen LogP contribution in [0, 0.1) is 5.92 Å². The molecule has 0 fully saturated rings. The minimum absolute atomic E-state index is 0.00574. The fraction of sp³-hybridized carbons (Fsp3) is 0.500. The Morgan fingerprint density at radius 1 is 0.897 bits per heavy atom. The summed E-state index contributed by atoms with van der Waals surface area (Å²) in [6.45, 7) is 9.35. The fourth-order valence-electron chi connectivity index (χ4n) is 3.35. The monoisotopic (exact) mass is 395 g/mol. The molecular formula is C26H37NO2. The van der Waals surface area contributed by atoms with Gasteiger partial charge < -0.3 is 10.1 Å². The van der Waals surface area contributed by atoms with Gasteiger partial charge in [0.1, 0.15) is 5.75 Å². The molecule has 0 saturated heterocycles. The fourth-order valence-corrected chi connectivity index (χ4v) is 3.35. The number of ether oxygens (including phenoxy) is 1. The van der Waals surface area contributed by atoms with Gasteiger partial charge in [-0.1, -0.05) is 70.7 Å². The van der Waals surface area contributed by atoms with Gasteiger partial charge in [0.05, 0.1) is 12.5 Å². The van der Waals surface area contributed by atoms with Crippen molar-refractivity contribution < 1.29 is 9.53 Å². The summed E-state index contributed by atoms with van der Waals surface area (Å²) in [5.74, 6) is 1.30. The smallest absolute Gasteiger partial charge is 0.231 e. The molecule has 0 saturated carbocycles. The average Bonchev–Trinajstić information content (AvgIpc) is 2.71. The topological polar surface area (TPSA) is 38.3 Å². The minimum atomic E-state index is -0.192. The number of nitrogens with one attached hydrogen (secondary N) is 1. The Hall–Kier alpha value is -2.29. The second-order valence-electron chi connectivity index (χ2n) is 8.34. The first-order valence-electron chi connectivity index (χ1n) is 11.1. The summed E-state index contributed by atoms with van der Waals surface area (Å²) in [6.07, 6.45) is 7.22. The molecule has 2 rings (SSSR count). The van der Waals surface area contributed by atoms with E-state index < -0.39 is 0 Å². The third kappa shape index (κ3) is 8.31. The lowest BCUT2D eigenvalue weighted by atomic mass is 9.96. The van der Waals surface area contributed by atoms with Crippen LogP contribution in [0.4, 0.5) is 5.69 Å². The molecule has 2 aromatic carbocycles. The highest BCUT2D eigenvalue weighted by molar-refractivity contribution is 5.95. The highest BCUT2D eigenvalue weighted by Gasteiger charge is 2.15. The summed E-state index contributed by atoms with van der Waals surface area (Å²) in [5.41, 5.74) is 3.16. The van der Waals surface area contributed by atoms with E-state index >= 15 is 0 Å². The number of hydrogen-bond donors (Lipinski definition) is 1. The molecule has 0 aliphatic rings. The molecule has 0 aliphatic heterocycles. The second-order valence-corrected chi connectivity index (χ2v) is 8.34. The molecule has 0 aromatic heterocycles. The van der Waals surface area contributed by atoms with Crippen molar-refractivity contribution in [3.63, 3.8) is 0 Å². The standard InChI is InChI=1S/C26H37NO2/c1-5-6-7-8-9-18-29-25-16-14-24(15-17-25)27-26(28)21(4)23-12-10-22(11-13-23)19-20(2)3/h10-17,20-21H,5-9,18-19H2,1-4H3,(H,27,28). The zero-order valence-corrected chi connectivity index (χ0v) is 18.5. The summed E-state index contributed by atoms with van der Waals surface area (Å²) in [6, 6.07) is 16.1. The van der Waals surface area contributed by atoms with Crippen molar-refractivity contribution in [1.82, 2.24) is 0 Å². The Kier molecular flexibility index (Phi) is 9.76. The zero-order chi connectivity index (χ0) is 21.1. The van der Waals surface area contributed by atoms with Crippen molar-refractivity contribution in [1.29, 1.82) is 0 Å². The van der Waals surface area contributed by atoms with Crippen LogP contribution in [0.3, 0.4) is 0 Å². The maximum absolute atomic E-state index is 12.6. The Bertz CT molecular complexity index is 719. The largest absolute Gasteiger partial charge is 0.494 e. The van der Waals surface area contributed by atoms with Gasteiger partial charge in [0.15, 0.2) is 0 Å². The second kappa shape index (κ2) is 12.3. The number of carbonyl (C=O) groups is 1. The predicted molar refractivity (Wildman–Crippen MR) is 123 cm³/mol. The van der Waals surface area contributed by atoms with E-state index in [0.717, 1.165) is 36.4 Å². The van der Waals surface area contributed by atoms with Crippen LogP contribution in [0.5, 0.6) is 5.75 Å². The van der Waals surface area contributed by atoms with E-state index in [2.05, 4.69) is 50.4 Å². The van der Waals surface area contributed by atoms with Crippen molar-refractivity contribution in [3.8, 4) is 5.75 Å². The van der Waals surface area contributed by atoms with Crippen molar-refractivity contribution in [2.24, 2.45) is 5.92 Å². The van der Waals surface area contributed by atoms with Gasteiger partial charge in [-0.15, -0.1) is 0 Å². The molecule has 158 valence electrons. The number of rotatable bonds is 12. The third-order valence-electron chi connectivity index (χ3n) is 5.16. The van der Waals surface area contributed by atoms with Crippen molar-refractivity contribution in [2.75, 3.05) is 11.9 Å². The molecular weight excluding hydrogens is 358 g/mol. The van der Waals surface area contributed by atoms with Crippen LogP contribution in [0.15, 0.2) is 48.5 Å². The normalized spacial score (nSPS) is 12.0. The van der Waals surface area contributed by atoms with Gasteiger partial charge in [0.25, 0.3) is 0 Å². The highest BCUT2D eigenvalue weighted by atomic mass is 16.5. The molecule has 29 heavy (non-hydrogen) atoms. The summed E-state index contributed by atoms with van der Waals surface area (Å²) in [7, 11) is 0. The van der Waals surface area contributed by atoms with Crippen molar-refractivity contribution in [2.45, 2.75) is 72.1 Å². The van der Waals surface area contributed by atoms with E-state index in [9.17, 15) is 4.79 Å². The van der Waals surface area contributed by atoms with E-state index in [1.54, 1.807) is 0 Å². The summed E-state index contributed by atoms with van der Waals surface area (Å²) >= 11 is 0. The molecule has 3 heteroatoms. The Morgan fingerprint density at radius 2 is 1.55 bits per heavy atom. The number of benzene rings is 2. The summed E-state index contributed by atoms with van der Waals surface area (Å²) in [4.78, 5) is 12.6. The van der Waals surface area contributed by atoms with E-state index in [1.807, 2.05) is 31.2 Å². The molecule has 0 heterocycles. The number of unbranched alkanes of at least 4 members (excludes halogenated alkanes) is 4. The number of hydrogen-bond acceptors (Lipinski definition) is 2. The first-order valence-corrected chi connectivity index (χ1v) is 11.1. The van der Waals surface area contributed by atoms with E-state index in [-0.39, 0.29) is 11.8 Å². The molecule has 3 nitrogen and oxygen atoms in total. The van der Waals surface area contributed by atoms with Crippen LogP contribution in [-0.4, -0.2) is 12.5 Å². The first-order chi connectivity index (χ1) is 14.0. The Balaban J connectivity index is 1.80. The third-order valence-corrected chi connectivity index (χ3v) is 5.16. The van der Waals surface area contributed by atoms with Crippen molar-refractivity contribution in [3.05, 3.63) is 59.7 Å². The van der Waals surface area contributed by atoms with Gasteiger partial charge in [-0.25, -0.2) is 0 Å². The molecule has 0 aliphatic carbocycles. The van der Waals surface area contributed by atoms with Crippen LogP contribution in [0.2, 0.25) is 0 Å². The lowest BCUT2D eigenvalue weighted by Gasteiger charge is -2.14. The molecule has 1 N–H and O–H groups in total. The predicted octanol–water partition coefficient (Wildman–Crippen LogP) is 6.98. The lowest BCUT2D eigenvalue weighted by molar-refractivity contribution is -0.117. The molecule has 1 atom stereocenters. The van der Waals surface area contributed by atoms with Crippen molar-refractivity contribution >= 4 is 11.6 Å². The average molecular weight is 396 g/mol.